The minimum absolute atomic E-state index is 0.229. The molecule has 0 fully saturated rings. The molecular formula is C21H17ClFN3O2. The number of pyridine rings is 1. The van der Waals surface area contributed by atoms with E-state index in [1.807, 2.05) is 18.2 Å². The molecule has 3 rings (SSSR count). The molecule has 3 aromatic rings. The quantitative estimate of drug-likeness (QED) is 0.657. The molecular weight excluding hydrogens is 381 g/mol. The van der Waals surface area contributed by atoms with Gasteiger partial charge in [-0.15, -0.1) is 0 Å². The highest BCUT2D eigenvalue weighted by atomic mass is 35.5. The van der Waals surface area contributed by atoms with Gasteiger partial charge in [0.2, 0.25) is 0 Å². The second-order valence-electron chi connectivity index (χ2n) is 6.06. The Hall–Kier alpha value is -3.25. The number of halogens is 2. The van der Waals surface area contributed by atoms with E-state index in [2.05, 4.69) is 15.6 Å². The van der Waals surface area contributed by atoms with E-state index in [1.54, 1.807) is 6.07 Å². The van der Waals surface area contributed by atoms with Gasteiger partial charge in [-0.2, -0.15) is 0 Å². The van der Waals surface area contributed by atoms with Gasteiger partial charge in [0.05, 0.1) is 11.1 Å². The van der Waals surface area contributed by atoms with Crippen molar-refractivity contribution in [3.63, 3.8) is 0 Å². The number of nitrogens with one attached hydrogen (secondary N) is 2. The topological polar surface area (TPSA) is 71.1 Å². The van der Waals surface area contributed by atoms with E-state index in [4.69, 9.17) is 11.6 Å². The van der Waals surface area contributed by atoms with E-state index < -0.39 is 11.7 Å². The minimum Gasteiger partial charge on any atom is -0.352 e. The molecule has 0 radical (unpaired) electrons. The summed E-state index contributed by atoms with van der Waals surface area (Å²) < 4.78 is 12.9. The third kappa shape index (κ3) is 5.37. The molecule has 0 aliphatic rings. The number of benzene rings is 2. The second kappa shape index (κ2) is 9.10. The van der Waals surface area contributed by atoms with E-state index in [0.717, 1.165) is 5.56 Å². The summed E-state index contributed by atoms with van der Waals surface area (Å²) in [7, 11) is 0. The standard InChI is InChI=1S/C21H17ClFN3O2/c22-17-3-1-2-14(10-17)8-9-25-20(27)15-11-16(13-24-12-15)21(28)26-19-6-4-18(23)5-7-19/h1-7,10-13H,8-9H2,(H,25,27)(H,26,28). The molecule has 0 atom stereocenters. The first-order valence-electron chi connectivity index (χ1n) is 8.56. The van der Waals surface area contributed by atoms with Gasteiger partial charge in [-0.05, 0) is 54.4 Å². The smallest absolute Gasteiger partial charge is 0.257 e. The Morgan fingerprint density at radius 3 is 2.39 bits per heavy atom. The van der Waals surface area contributed by atoms with Crippen molar-refractivity contribution >= 4 is 29.1 Å². The van der Waals surface area contributed by atoms with Crippen LogP contribution in [0.15, 0.2) is 67.0 Å². The third-order valence-corrected chi connectivity index (χ3v) is 4.19. The first kappa shape index (κ1) is 19.5. The van der Waals surface area contributed by atoms with Crippen LogP contribution in [0.1, 0.15) is 26.3 Å². The molecule has 2 aromatic carbocycles. The lowest BCUT2D eigenvalue weighted by Crippen LogP contribution is -2.26. The van der Waals surface area contributed by atoms with Crippen molar-refractivity contribution in [2.45, 2.75) is 6.42 Å². The van der Waals surface area contributed by atoms with Crippen molar-refractivity contribution in [2.24, 2.45) is 0 Å². The van der Waals surface area contributed by atoms with Crippen LogP contribution in [0.3, 0.4) is 0 Å². The van der Waals surface area contributed by atoms with E-state index in [-0.39, 0.29) is 17.0 Å². The first-order valence-corrected chi connectivity index (χ1v) is 8.94. The highest BCUT2D eigenvalue weighted by Crippen LogP contribution is 2.12. The molecule has 0 aliphatic heterocycles. The monoisotopic (exact) mass is 397 g/mol. The molecule has 2 amide bonds. The second-order valence-corrected chi connectivity index (χ2v) is 6.50. The minimum atomic E-state index is -0.437. The molecule has 5 nitrogen and oxygen atoms in total. The van der Waals surface area contributed by atoms with Gasteiger partial charge in [0, 0.05) is 29.6 Å². The van der Waals surface area contributed by atoms with Gasteiger partial charge in [-0.1, -0.05) is 23.7 Å². The van der Waals surface area contributed by atoms with Gasteiger partial charge in [-0.25, -0.2) is 4.39 Å². The molecule has 0 unspecified atom stereocenters. The zero-order valence-electron chi connectivity index (χ0n) is 14.8. The van der Waals surface area contributed by atoms with Crippen LogP contribution in [0.25, 0.3) is 0 Å². The van der Waals surface area contributed by atoms with E-state index in [1.165, 1.54) is 42.7 Å². The van der Waals surface area contributed by atoms with Gasteiger partial charge >= 0.3 is 0 Å². The number of carbonyl (C=O) groups is 2. The van der Waals surface area contributed by atoms with Crippen molar-refractivity contribution in [3.8, 4) is 0 Å². The summed E-state index contributed by atoms with van der Waals surface area (Å²) in [6.45, 7) is 0.422. The predicted molar refractivity (Wildman–Crippen MR) is 106 cm³/mol. The number of nitrogens with zero attached hydrogens (tertiary/aromatic N) is 1. The van der Waals surface area contributed by atoms with Crippen LogP contribution in [0.2, 0.25) is 5.02 Å². The number of hydrogen-bond donors (Lipinski definition) is 2. The highest BCUT2D eigenvalue weighted by molar-refractivity contribution is 6.30. The van der Waals surface area contributed by atoms with Crippen LogP contribution in [-0.2, 0) is 6.42 Å². The predicted octanol–water partition coefficient (Wildman–Crippen LogP) is 4.10. The number of anilines is 1. The van der Waals surface area contributed by atoms with Crippen molar-refractivity contribution < 1.29 is 14.0 Å². The third-order valence-electron chi connectivity index (χ3n) is 3.95. The summed E-state index contributed by atoms with van der Waals surface area (Å²) >= 11 is 5.94. The number of carbonyl (C=O) groups excluding carboxylic acids is 2. The first-order chi connectivity index (χ1) is 13.5. The molecule has 0 saturated heterocycles. The van der Waals surface area contributed by atoms with Crippen molar-refractivity contribution in [1.82, 2.24) is 10.3 Å². The van der Waals surface area contributed by atoms with E-state index in [9.17, 15) is 14.0 Å². The van der Waals surface area contributed by atoms with Crippen molar-refractivity contribution in [3.05, 3.63) is 94.5 Å². The average molecular weight is 398 g/mol. The van der Waals surface area contributed by atoms with Crippen LogP contribution >= 0.6 is 11.6 Å². The van der Waals surface area contributed by atoms with Crippen molar-refractivity contribution in [2.75, 3.05) is 11.9 Å². The zero-order valence-corrected chi connectivity index (χ0v) is 15.5. The summed E-state index contributed by atoms with van der Waals surface area (Å²) in [5, 5.41) is 6.07. The van der Waals surface area contributed by atoms with Gasteiger partial charge in [-0.3, -0.25) is 14.6 Å². The Kier molecular flexibility index (Phi) is 6.34. The molecule has 2 N–H and O–H groups in total. The summed E-state index contributed by atoms with van der Waals surface area (Å²) in [6, 6.07) is 14.3. The Balaban J connectivity index is 1.59. The molecule has 0 bridgehead atoms. The van der Waals surface area contributed by atoms with Crippen LogP contribution in [-0.4, -0.2) is 23.3 Å². The fourth-order valence-electron chi connectivity index (χ4n) is 2.54. The molecule has 28 heavy (non-hydrogen) atoms. The molecule has 1 aromatic heterocycles. The highest BCUT2D eigenvalue weighted by Gasteiger charge is 2.11. The number of amides is 2. The lowest BCUT2D eigenvalue weighted by atomic mass is 10.1. The van der Waals surface area contributed by atoms with E-state index >= 15 is 0 Å². The largest absolute Gasteiger partial charge is 0.352 e. The maximum atomic E-state index is 12.9. The molecule has 0 saturated carbocycles. The van der Waals surface area contributed by atoms with Crippen LogP contribution in [0.4, 0.5) is 10.1 Å². The van der Waals surface area contributed by atoms with Gasteiger partial charge in [0.25, 0.3) is 11.8 Å². The molecule has 142 valence electrons. The Labute approximate surface area is 166 Å². The SMILES string of the molecule is O=C(NCCc1cccc(Cl)c1)c1cncc(C(=O)Nc2ccc(F)cc2)c1. The van der Waals surface area contributed by atoms with Crippen molar-refractivity contribution in [1.29, 1.82) is 0 Å². The summed E-state index contributed by atoms with van der Waals surface area (Å²) in [5.41, 5.74) is 1.96. The maximum absolute atomic E-state index is 12.9. The maximum Gasteiger partial charge on any atom is 0.257 e. The number of aromatic nitrogens is 1. The lowest BCUT2D eigenvalue weighted by Gasteiger charge is -2.08. The van der Waals surface area contributed by atoms with Gasteiger partial charge < -0.3 is 10.6 Å². The van der Waals surface area contributed by atoms with Crippen LogP contribution in [0, 0.1) is 5.82 Å². The Bertz CT molecular complexity index is 993. The Morgan fingerprint density at radius 2 is 1.68 bits per heavy atom. The average Bonchev–Trinajstić information content (AvgIpc) is 2.70. The normalized spacial score (nSPS) is 10.4. The fourth-order valence-corrected chi connectivity index (χ4v) is 2.75. The molecule has 7 heteroatoms. The summed E-state index contributed by atoms with van der Waals surface area (Å²) in [5.74, 6) is -1.16. The Morgan fingerprint density at radius 1 is 0.964 bits per heavy atom. The zero-order chi connectivity index (χ0) is 19.9. The number of hydrogen-bond acceptors (Lipinski definition) is 3. The number of rotatable bonds is 6. The van der Waals surface area contributed by atoms with E-state index in [0.29, 0.717) is 23.7 Å². The summed E-state index contributed by atoms with van der Waals surface area (Å²) in [4.78, 5) is 28.6. The fraction of sp³-hybridized carbons (Fsp3) is 0.0952. The molecule has 0 spiro atoms. The van der Waals surface area contributed by atoms with Crippen LogP contribution in [0.5, 0.6) is 0 Å². The van der Waals surface area contributed by atoms with Gasteiger partial charge in [0.1, 0.15) is 5.82 Å². The molecule has 1 heterocycles. The van der Waals surface area contributed by atoms with Gasteiger partial charge in [0.15, 0.2) is 0 Å². The lowest BCUT2D eigenvalue weighted by molar-refractivity contribution is 0.0953. The van der Waals surface area contributed by atoms with Crippen LogP contribution < -0.4 is 10.6 Å². The summed E-state index contributed by atoms with van der Waals surface area (Å²) in [6.07, 6.45) is 3.38. The molecule has 0 aliphatic carbocycles.